The van der Waals surface area contributed by atoms with Crippen LogP contribution in [0.25, 0.3) is 0 Å². The molecule has 0 radical (unpaired) electrons. The molecule has 0 spiro atoms. The van der Waals surface area contributed by atoms with E-state index in [4.69, 9.17) is 0 Å². The lowest BCUT2D eigenvalue weighted by molar-refractivity contribution is -0.884. The molecule has 0 saturated carbocycles. The largest absolute Gasteiger partial charge is 0.326 e. The number of imidazole rings is 1. The topological polar surface area (TPSA) is 48.6 Å². The van der Waals surface area contributed by atoms with E-state index in [2.05, 4.69) is 31.1 Å². The molecule has 1 heterocycles. The zero-order valence-corrected chi connectivity index (χ0v) is 7.14. The number of aromatic nitrogens is 2. The molecule has 0 aliphatic rings. The van der Waals surface area contributed by atoms with Crippen molar-refractivity contribution in [2.75, 3.05) is 21.1 Å². The summed E-state index contributed by atoms with van der Waals surface area (Å²) < 4.78 is 0.813. The molecule has 4 heteroatoms. The minimum atomic E-state index is -0.131. The Morgan fingerprint density at radius 2 is 2.09 bits per heavy atom. The Labute approximate surface area is 65.5 Å². The molecule has 0 aliphatic carbocycles. The summed E-state index contributed by atoms with van der Waals surface area (Å²) in [5.41, 5.74) is 0.816. The molecule has 0 aromatic carbocycles. The zero-order valence-electron chi connectivity index (χ0n) is 7.14. The van der Waals surface area contributed by atoms with Crippen LogP contribution < -0.4 is 5.69 Å². The number of nitrogens with one attached hydrogen (secondary N) is 2. The summed E-state index contributed by atoms with van der Waals surface area (Å²) >= 11 is 0. The van der Waals surface area contributed by atoms with Crippen molar-refractivity contribution in [1.29, 1.82) is 0 Å². The summed E-state index contributed by atoms with van der Waals surface area (Å²) in [4.78, 5) is 15.9. The fraction of sp³-hybridized carbons (Fsp3) is 0.571. The van der Waals surface area contributed by atoms with Gasteiger partial charge in [-0.1, -0.05) is 0 Å². The molecular formula is C7H14N3O+. The summed E-state index contributed by atoms with van der Waals surface area (Å²) in [6.07, 6.45) is 1.71. The molecule has 0 saturated heterocycles. The fourth-order valence-electron chi connectivity index (χ4n) is 0.967. The Hall–Kier alpha value is -1.03. The second-order valence-corrected chi connectivity index (χ2v) is 3.72. The van der Waals surface area contributed by atoms with E-state index >= 15 is 0 Å². The smallest absolute Gasteiger partial charge is 0.323 e. The van der Waals surface area contributed by atoms with Gasteiger partial charge in [-0.15, -0.1) is 0 Å². The molecule has 0 atom stereocenters. The molecule has 1 aromatic heterocycles. The van der Waals surface area contributed by atoms with Gasteiger partial charge < -0.3 is 14.5 Å². The molecule has 62 valence electrons. The molecule has 0 bridgehead atoms. The predicted molar refractivity (Wildman–Crippen MR) is 43.1 cm³/mol. The molecule has 11 heavy (non-hydrogen) atoms. The van der Waals surface area contributed by atoms with Crippen molar-refractivity contribution >= 4 is 0 Å². The van der Waals surface area contributed by atoms with Crippen LogP contribution in [0.4, 0.5) is 0 Å². The SMILES string of the molecule is C[N+](C)(C)Cc1c[nH]c(=O)[nH]1. The Kier molecular flexibility index (Phi) is 1.87. The first-order chi connectivity index (χ1) is 4.97. The summed E-state index contributed by atoms with van der Waals surface area (Å²) in [6, 6.07) is 0. The number of rotatable bonds is 2. The maximum absolute atomic E-state index is 10.7. The molecular weight excluding hydrogens is 142 g/mol. The minimum Gasteiger partial charge on any atom is -0.326 e. The van der Waals surface area contributed by atoms with Crippen molar-refractivity contribution in [3.63, 3.8) is 0 Å². The van der Waals surface area contributed by atoms with Gasteiger partial charge in [-0.2, -0.15) is 0 Å². The number of nitrogens with zero attached hydrogens (tertiary/aromatic N) is 1. The predicted octanol–water partition coefficient (Wildman–Crippen LogP) is -0.0908. The Bertz CT molecular complexity index is 278. The van der Waals surface area contributed by atoms with Crippen LogP contribution in [0.15, 0.2) is 11.0 Å². The summed E-state index contributed by atoms with van der Waals surface area (Å²) in [5.74, 6) is 0. The van der Waals surface area contributed by atoms with Crippen molar-refractivity contribution in [2.45, 2.75) is 6.54 Å². The first-order valence-electron chi connectivity index (χ1n) is 3.54. The molecule has 0 amide bonds. The van der Waals surface area contributed by atoms with Gasteiger partial charge in [0.2, 0.25) is 0 Å². The molecule has 0 fully saturated rings. The summed E-state index contributed by atoms with van der Waals surface area (Å²) in [6.45, 7) is 0.832. The summed E-state index contributed by atoms with van der Waals surface area (Å²) in [7, 11) is 6.22. The fourth-order valence-corrected chi connectivity index (χ4v) is 0.967. The van der Waals surface area contributed by atoms with Crippen molar-refractivity contribution in [1.82, 2.24) is 9.97 Å². The number of aromatic amines is 2. The van der Waals surface area contributed by atoms with Gasteiger partial charge in [-0.25, -0.2) is 4.79 Å². The number of hydrogen-bond donors (Lipinski definition) is 2. The van der Waals surface area contributed by atoms with Gasteiger partial charge in [0.15, 0.2) is 0 Å². The lowest BCUT2D eigenvalue weighted by Gasteiger charge is -2.22. The van der Waals surface area contributed by atoms with Crippen LogP contribution in [0.5, 0.6) is 0 Å². The second kappa shape index (κ2) is 2.54. The quantitative estimate of drug-likeness (QED) is 0.578. The van der Waals surface area contributed by atoms with Crippen LogP contribution in [0.3, 0.4) is 0 Å². The third-order valence-electron chi connectivity index (χ3n) is 1.30. The number of hydrogen-bond acceptors (Lipinski definition) is 1. The van der Waals surface area contributed by atoms with Crippen molar-refractivity contribution in [3.05, 3.63) is 22.4 Å². The van der Waals surface area contributed by atoms with Crippen LogP contribution in [0.2, 0.25) is 0 Å². The van der Waals surface area contributed by atoms with Gasteiger partial charge in [0.25, 0.3) is 0 Å². The molecule has 0 aliphatic heterocycles. The van der Waals surface area contributed by atoms with E-state index in [1.54, 1.807) is 6.20 Å². The van der Waals surface area contributed by atoms with Crippen LogP contribution in [0, 0.1) is 0 Å². The Balaban J connectivity index is 2.73. The maximum atomic E-state index is 10.7. The standard InChI is InChI=1S/C7H13N3O/c1-10(2,3)5-6-4-8-7(11)9-6/h4H,5H2,1-3H3,(H-,8,9,11)/p+1. The van der Waals surface area contributed by atoms with E-state index in [0.717, 1.165) is 16.7 Å². The highest BCUT2D eigenvalue weighted by atomic mass is 16.1. The monoisotopic (exact) mass is 156 g/mol. The van der Waals surface area contributed by atoms with E-state index in [1.165, 1.54) is 0 Å². The second-order valence-electron chi connectivity index (χ2n) is 3.72. The van der Waals surface area contributed by atoms with Crippen LogP contribution in [0.1, 0.15) is 5.69 Å². The van der Waals surface area contributed by atoms with Crippen molar-refractivity contribution in [2.24, 2.45) is 0 Å². The van der Waals surface area contributed by atoms with Crippen LogP contribution in [-0.4, -0.2) is 35.6 Å². The highest BCUT2D eigenvalue weighted by Gasteiger charge is 2.09. The van der Waals surface area contributed by atoms with Gasteiger partial charge in [0.1, 0.15) is 6.54 Å². The zero-order chi connectivity index (χ0) is 8.48. The number of H-pyrrole nitrogens is 2. The average molecular weight is 156 g/mol. The highest BCUT2D eigenvalue weighted by molar-refractivity contribution is 4.91. The molecule has 1 aromatic rings. The molecule has 4 nitrogen and oxygen atoms in total. The third kappa shape index (κ3) is 2.59. The van der Waals surface area contributed by atoms with Gasteiger partial charge in [0, 0.05) is 6.20 Å². The van der Waals surface area contributed by atoms with E-state index in [9.17, 15) is 4.79 Å². The van der Waals surface area contributed by atoms with Crippen molar-refractivity contribution in [3.8, 4) is 0 Å². The number of quaternary nitrogens is 1. The average Bonchev–Trinajstić information content (AvgIpc) is 2.10. The van der Waals surface area contributed by atoms with Gasteiger partial charge in [-0.3, -0.25) is 0 Å². The van der Waals surface area contributed by atoms with E-state index < -0.39 is 0 Å². The van der Waals surface area contributed by atoms with Crippen LogP contribution >= 0.6 is 0 Å². The molecule has 0 unspecified atom stereocenters. The van der Waals surface area contributed by atoms with Crippen molar-refractivity contribution < 1.29 is 4.48 Å². The van der Waals surface area contributed by atoms with Gasteiger partial charge in [0.05, 0.1) is 26.8 Å². The molecule has 1 rings (SSSR count). The van der Waals surface area contributed by atoms with E-state index in [-0.39, 0.29) is 5.69 Å². The van der Waals surface area contributed by atoms with E-state index in [0.29, 0.717) is 0 Å². The first kappa shape index (κ1) is 8.07. The molecule has 2 N–H and O–H groups in total. The Morgan fingerprint density at radius 3 is 2.45 bits per heavy atom. The van der Waals surface area contributed by atoms with E-state index in [1.807, 2.05) is 0 Å². The van der Waals surface area contributed by atoms with Crippen LogP contribution in [-0.2, 0) is 6.54 Å². The summed E-state index contributed by atoms with van der Waals surface area (Å²) in [5, 5.41) is 0. The lowest BCUT2D eigenvalue weighted by atomic mass is 10.4. The first-order valence-corrected chi connectivity index (χ1v) is 3.54. The van der Waals surface area contributed by atoms with Gasteiger partial charge >= 0.3 is 5.69 Å². The Morgan fingerprint density at radius 1 is 1.45 bits per heavy atom. The third-order valence-corrected chi connectivity index (χ3v) is 1.30. The minimum absolute atomic E-state index is 0.131. The highest BCUT2D eigenvalue weighted by Crippen LogP contribution is 1.99. The normalized spacial score (nSPS) is 11.9. The lowest BCUT2D eigenvalue weighted by Crippen LogP contribution is -2.33. The maximum Gasteiger partial charge on any atom is 0.323 e. The van der Waals surface area contributed by atoms with Gasteiger partial charge in [-0.05, 0) is 0 Å².